The number of carbonyl (C=O) groups excluding carboxylic acids is 2. The molecule has 144 valence electrons. The first-order chi connectivity index (χ1) is 12.9. The van der Waals surface area contributed by atoms with Crippen LogP contribution in [0.2, 0.25) is 0 Å². The standard InChI is InChI=1S/C19H23FN4O3/c1-12-9-18(23-27-12)22-19(26)21-17-10-14(3-4-16(17)20)11-24-7-5-15(6-8-24)13(2)25/h3-4,9-10,15H,5-8,11H2,1-2H3,(H2,21,22,23,26). The molecular weight excluding hydrogens is 351 g/mol. The Morgan fingerprint density at radius 1 is 1.26 bits per heavy atom. The van der Waals surface area contributed by atoms with Crippen molar-refractivity contribution in [2.75, 3.05) is 23.7 Å². The lowest BCUT2D eigenvalue weighted by molar-refractivity contribution is -0.122. The first-order valence-electron chi connectivity index (χ1n) is 8.93. The van der Waals surface area contributed by atoms with Gasteiger partial charge in [-0.2, -0.15) is 0 Å². The number of Topliss-reactive ketones (excluding diaryl/α,β-unsaturated/α-hetero) is 1. The third kappa shape index (κ3) is 5.13. The van der Waals surface area contributed by atoms with Crippen molar-refractivity contribution in [1.82, 2.24) is 10.1 Å². The van der Waals surface area contributed by atoms with Crippen molar-refractivity contribution in [3.63, 3.8) is 0 Å². The number of urea groups is 1. The van der Waals surface area contributed by atoms with E-state index in [1.54, 1.807) is 32.0 Å². The van der Waals surface area contributed by atoms with E-state index < -0.39 is 11.8 Å². The Kier molecular flexibility index (Phi) is 5.85. The smallest absolute Gasteiger partial charge is 0.325 e. The second kappa shape index (κ2) is 8.30. The van der Waals surface area contributed by atoms with E-state index in [-0.39, 0.29) is 23.2 Å². The van der Waals surface area contributed by atoms with E-state index in [9.17, 15) is 14.0 Å². The normalized spacial score (nSPS) is 15.5. The van der Waals surface area contributed by atoms with E-state index >= 15 is 0 Å². The van der Waals surface area contributed by atoms with Crippen LogP contribution in [-0.2, 0) is 11.3 Å². The predicted octanol–water partition coefficient (Wildman–Crippen LogP) is 3.57. The molecule has 1 saturated heterocycles. The maximum atomic E-state index is 14.1. The zero-order valence-corrected chi connectivity index (χ0v) is 15.4. The Morgan fingerprint density at radius 2 is 2.00 bits per heavy atom. The number of rotatable bonds is 5. The fraction of sp³-hybridized carbons (Fsp3) is 0.421. The number of piperidine rings is 1. The summed E-state index contributed by atoms with van der Waals surface area (Å²) in [5, 5.41) is 8.65. The highest BCUT2D eigenvalue weighted by molar-refractivity contribution is 5.99. The molecule has 2 aromatic rings. The van der Waals surface area contributed by atoms with Crippen molar-refractivity contribution in [3.8, 4) is 0 Å². The molecule has 1 fully saturated rings. The molecule has 27 heavy (non-hydrogen) atoms. The molecule has 0 unspecified atom stereocenters. The Hall–Kier alpha value is -2.74. The van der Waals surface area contributed by atoms with Gasteiger partial charge >= 0.3 is 6.03 Å². The molecule has 1 aromatic heterocycles. The third-order valence-corrected chi connectivity index (χ3v) is 4.72. The van der Waals surface area contributed by atoms with Gasteiger partial charge in [0.05, 0.1) is 5.69 Å². The van der Waals surface area contributed by atoms with Gasteiger partial charge in [0.15, 0.2) is 5.82 Å². The molecule has 2 N–H and O–H groups in total. The molecule has 0 atom stereocenters. The fourth-order valence-electron chi connectivity index (χ4n) is 3.22. The number of aromatic nitrogens is 1. The topological polar surface area (TPSA) is 87.5 Å². The lowest BCUT2D eigenvalue weighted by Crippen LogP contribution is -2.35. The molecule has 1 aliphatic rings. The first-order valence-corrected chi connectivity index (χ1v) is 8.93. The number of ketones is 1. The first kappa shape index (κ1) is 19.0. The Bertz CT molecular complexity index is 828. The zero-order valence-electron chi connectivity index (χ0n) is 15.4. The van der Waals surface area contributed by atoms with Crippen molar-refractivity contribution < 1.29 is 18.5 Å². The van der Waals surface area contributed by atoms with Crippen LogP contribution in [0.4, 0.5) is 20.7 Å². The van der Waals surface area contributed by atoms with Gasteiger partial charge in [0.2, 0.25) is 0 Å². The van der Waals surface area contributed by atoms with Crippen molar-refractivity contribution in [1.29, 1.82) is 0 Å². The maximum Gasteiger partial charge on any atom is 0.325 e. The van der Waals surface area contributed by atoms with E-state index in [0.717, 1.165) is 31.5 Å². The summed E-state index contributed by atoms with van der Waals surface area (Å²) in [4.78, 5) is 25.7. The van der Waals surface area contributed by atoms with E-state index in [4.69, 9.17) is 4.52 Å². The highest BCUT2D eigenvalue weighted by atomic mass is 19.1. The van der Waals surface area contributed by atoms with Crippen LogP contribution < -0.4 is 10.6 Å². The van der Waals surface area contributed by atoms with Gasteiger partial charge in [0.1, 0.15) is 17.4 Å². The molecule has 0 bridgehead atoms. The predicted molar refractivity (Wildman–Crippen MR) is 99.0 cm³/mol. The summed E-state index contributed by atoms with van der Waals surface area (Å²) < 4.78 is 18.9. The van der Waals surface area contributed by atoms with Gasteiger partial charge in [-0.3, -0.25) is 15.0 Å². The van der Waals surface area contributed by atoms with Crippen LogP contribution in [0.3, 0.4) is 0 Å². The quantitative estimate of drug-likeness (QED) is 0.835. The van der Waals surface area contributed by atoms with E-state index in [2.05, 4.69) is 20.7 Å². The summed E-state index contributed by atoms with van der Waals surface area (Å²) in [6.07, 6.45) is 1.70. The van der Waals surface area contributed by atoms with Crippen molar-refractivity contribution >= 4 is 23.3 Å². The van der Waals surface area contributed by atoms with E-state index in [1.165, 1.54) is 6.07 Å². The number of carbonyl (C=O) groups is 2. The molecule has 0 radical (unpaired) electrons. The molecule has 7 nitrogen and oxygen atoms in total. The van der Waals surface area contributed by atoms with Gasteiger partial charge in [-0.05, 0) is 57.5 Å². The molecule has 2 heterocycles. The number of benzene rings is 1. The maximum absolute atomic E-state index is 14.1. The Labute approximate surface area is 156 Å². The summed E-state index contributed by atoms with van der Waals surface area (Å²) in [5.74, 6) is 0.703. The van der Waals surface area contributed by atoms with Crippen LogP contribution in [-0.4, -0.2) is 35.0 Å². The number of aryl methyl sites for hydroxylation is 1. The SMILES string of the molecule is CC(=O)C1CCN(Cc2ccc(F)c(NC(=O)Nc3cc(C)on3)c2)CC1. The molecule has 1 aromatic carbocycles. The largest absolute Gasteiger partial charge is 0.360 e. The molecule has 1 aliphatic heterocycles. The van der Waals surface area contributed by atoms with Crippen LogP contribution in [0, 0.1) is 18.7 Å². The Morgan fingerprint density at radius 3 is 2.63 bits per heavy atom. The van der Waals surface area contributed by atoms with Crippen molar-refractivity contribution in [3.05, 3.63) is 41.4 Å². The third-order valence-electron chi connectivity index (χ3n) is 4.72. The second-order valence-electron chi connectivity index (χ2n) is 6.88. The second-order valence-corrected chi connectivity index (χ2v) is 6.88. The average Bonchev–Trinajstić information content (AvgIpc) is 3.03. The number of hydrogen-bond donors (Lipinski definition) is 2. The highest BCUT2D eigenvalue weighted by Gasteiger charge is 2.22. The van der Waals surface area contributed by atoms with Gasteiger partial charge < -0.3 is 9.84 Å². The molecule has 3 rings (SSSR count). The lowest BCUT2D eigenvalue weighted by Gasteiger charge is -2.30. The summed E-state index contributed by atoms with van der Waals surface area (Å²) >= 11 is 0. The summed E-state index contributed by atoms with van der Waals surface area (Å²) in [6, 6.07) is 5.64. The lowest BCUT2D eigenvalue weighted by atomic mass is 9.93. The Balaban J connectivity index is 1.59. The summed E-state index contributed by atoms with van der Waals surface area (Å²) in [7, 11) is 0. The van der Waals surface area contributed by atoms with Crippen LogP contribution in [0.15, 0.2) is 28.8 Å². The minimum Gasteiger partial charge on any atom is -0.360 e. The van der Waals surface area contributed by atoms with E-state index in [0.29, 0.717) is 12.3 Å². The fourth-order valence-corrected chi connectivity index (χ4v) is 3.22. The number of halogens is 1. The van der Waals surface area contributed by atoms with Gasteiger partial charge in [-0.15, -0.1) is 0 Å². The average molecular weight is 374 g/mol. The van der Waals surface area contributed by atoms with E-state index in [1.807, 2.05) is 0 Å². The van der Waals surface area contributed by atoms with Crippen molar-refractivity contribution in [2.24, 2.45) is 5.92 Å². The number of hydrogen-bond acceptors (Lipinski definition) is 5. The summed E-state index contributed by atoms with van der Waals surface area (Å²) in [5.41, 5.74) is 0.995. The molecule has 0 aliphatic carbocycles. The summed E-state index contributed by atoms with van der Waals surface area (Å²) in [6.45, 7) is 5.65. The van der Waals surface area contributed by atoms with Gasteiger partial charge in [0.25, 0.3) is 0 Å². The monoisotopic (exact) mass is 374 g/mol. The minimum atomic E-state index is -0.596. The molecule has 8 heteroatoms. The number of nitrogens with zero attached hydrogens (tertiary/aromatic N) is 2. The van der Waals surface area contributed by atoms with Crippen LogP contribution in [0.5, 0.6) is 0 Å². The number of amides is 2. The number of anilines is 2. The minimum absolute atomic E-state index is 0.101. The molecule has 0 spiro atoms. The van der Waals surface area contributed by atoms with Gasteiger partial charge in [0, 0.05) is 18.5 Å². The number of nitrogens with one attached hydrogen (secondary N) is 2. The van der Waals surface area contributed by atoms with Gasteiger partial charge in [-0.25, -0.2) is 9.18 Å². The molecular formula is C19H23FN4O3. The van der Waals surface area contributed by atoms with Crippen LogP contribution >= 0.6 is 0 Å². The van der Waals surface area contributed by atoms with Crippen LogP contribution in [0.25, 0.3) is 0 Å². The zero-order chi connectivity index (χ0) is 19.4. The molecule has 0 saturated carbocycles. The highest BCUT2D eigenvalue weighted by Crippen LogP contribution is 2.22. The number of likely N-dealkylation sites (tertiary alicyclic amines) is 1. The van der Waals surface area contributed by atoms with Crippen LogP contribution in [0.1, 0.15) is 31.1 Å². The molecule has 2 amide bonds. The van der Waals surface area contributed by atoms with Crippen molar-refractivity contribution in [2.45, 2.75) is 33.2 Å². The van der Waals surface area contributed by atoms with Gasteiger partial charge in [-0.1, -0.05) is 11.2 Å².